The Kier molecular flexibility index (Phi) is 5.95. The second kappa shape index (κ2) is 8.21. The van der Waals surface area contributed by atoms with Crippen molar-refractivity contribution in [1.82, 2.24) is 0 Å². The Bertz CT molecular complexity index is 1090. The summed E-state index contributed by atoms with van der Waals surface area (Å²) in [6, 6.07) is 21.1. The third-order valence-corrected chi connectivity index (χ3v) is 6.40. The van der Waals surface area contributed by atoms with Crippen LogP contribution in [0.4, 0.5) is 0 Å². The number of benzene rings is 3. The molecule has 0 N–H and O–H groups in total. The minimum atomic E-state index is -4.03. The molecule has 0 heterocycles. The predicted molar refractivity (Wildman–Crippen MR) is 112 cm³/mol. The van der Waals surface area contributed by atoms with E-state index in [0.29, 0.717) is 16.1 Å². The lowest BCUT2D eigenvalue weighted by atomic mass is 10.1. The van der Waals surface area contributed by atoms with Gasteiger partial charge in [0, 0.05) is 15.1 Å². The first kappa shape index (κ1) is 19.5. The fourth-order valence-electron chi connectivity index (χ4n) is 2.45. The van der Waals surface area contributed by atoms with Gasteiger partial charge in [-0.05, 0) is 48.0 Å². The van der Waals surface area contributed by atoms with Gasteiger partial charge in [-0.3, -0.25) is 4.79 Å². The molecule has 0 aromatic heterocycles. The lowest BCUT2D eigenvalue weighted by molar-refractivity contribution is 0.104. The van der Waals surface area contributed by atoms with E-state index in [9.17, 15) is 13.2 Å². The van der Waals surface area contributed by atoms with Gasteiger partial charge in [-0.2, -0.15) is 0 Å². The van der Waals surface area contributed by atoms with Gasteiger partial charge in [0.25, 0.3) is 0 Å². The monoisotopic (exact) mass is 460 g/mol. The number of carbonyl (C=O) groups excluding carboxylic acids is 1. The minimum Gasteiger partial charge on any atom is -0.288 e. The number of sulfone groups is 1. The molecule has 0 aliphatic heterocycles. The number of Topliss-reactive ketones (excluding diaryl/α,β-unsaturated/α-hetero) is 1. The fourth-order valence-corrected chi connectivity index (χ4v) is 4.24. The molecule has 3 nitrogen and oxygen atoms in total. The summed E-state index contributed by atoms with van der Waals surface area (Å²) in [6.07, 6.45) is 1.39. The van der Waals surface area contributed by atoms with E-state index in [1.807, 2.05) is 0 Å². The molecule has 0 radical (unpaired) electrons. The largest absolute Gasteiger partial charge is 0.288 e. The van der Waals surface area contributed by atoms with E-state index in [-0.39, 0.29) is 9.80 Å². The highest BCUT2D eigenvalue weighted by Gasteiger charge is 2.28. The topological polar surface area (TPSA) is 51.2 Å². The van der Waals surface area contributed by atoms with Gasteiger partial charge in [0.15, 0.2) is 0 Å². The van der Waals surface area contributed by atoms with Crippen LogP contribution in [0.25, 0.3) is 6.08 Å². The maximum absolute atomic E-state index is 13.2. The van der Waals surface area contributed by atoms with Crippen molar-refractivity contribution in [1.29, 1.82) is 0 Å². The Hall–Kier alpha value is -2.21. The van der Waals surface area contributed by atoms with Crippen LogP contribution >= 0.6 is 27.5 Å². The molecule has 3 aromatic carbocycles. The van der Waals surface area contributed by atoms with E-state index < -0.39 is 15.6 Å². The number of rotatable bonds is 5. The smallest absolute Gasteiger partial charge is 0.210 e. The molecule has 0 saturated carbocycles. The van der Waals surface area contributed by atoms with Crippen LogP contribution in [0.2, 0.25) is 5.02 Å². The second-order valence-corrected chi connectivity index (χ2v) is 8.98. The summed E-state index contributed by atoms with van der Waals surface area (Å²) in [5.41, 5.74) is 0.911. The van der Waals surface area contributed by atoms with Gasteiger partial charge >= 0.3 is 0 Å². The zero-order chi connectivity index (χ0) is 19.4. The summed E-state index contributed by atoms with van der Waals surface area (Å²) in [7, 11) is -4.03. The maximum Gasteiger partial charge on any atom is 0.210 e. The molecule has 0 fully saturated rings. The van der Waals surface area contributed by atoms with Crippen LogP contribution in [0.5, 0.6) is 0 Å². The van der Waals surface area contributed by atoms with Crippen molar-refractivity contribution < 1.29 is 13.2 Å². The van der Waals surface area contributed by atoms with Crippen molar-refractivity contribution in [3.8, 4) is 0 Å². The first-order chi connectivity index (χ1) is 12.9. The van der Waals surface area contributed by atoms with Crippen molar-refractivity contribution in [2.24, 2.45) is 0 Å². The van der Waals surface area contributed by atoms with Crippen molar-refractivity contribution in [3.63, 3.8) is 0 Å². The highest BCUT2D eigenvalue weighted by molar-refractivity contribution is 9.10. The van der Waals surface area contributed by atoms with Gasteiger partial charge in [0.2, 0.25) is 15.6 Å². The van der Waals surface area contributed by atoms with Crippen LogP contribution in [-0.2, 0) is 9.84 Å². The molecule has 0 atom stereocenters. The molecular weight excluding hydrogens is 448 g/mol. The standard InChI is InChI=1S/C21H14BrClO3S/c22-17-8-6-15(7-9-17)14-20(21(24)16-4-2-1-3-5-16)27(25,26)19-12-10-18(23)11-13-19/h1-14H/b20-14+. The van der Waals surface area contributed by atoms with Gasteiger partial charge in [0.1, 0.15) is 4.91 Å². The Labute approximate surface area is 171 Å². The van der Waals surface area contributed by atoms with E-state index in [1.165, 1.54) is 30.3 Å². The summed E-state index contributed by atoms with van der Waals surface area (Å²) < 4.78 is 27.2. The molecule has 0 spiro atoms. The van der Waals surface area contributed by atoms with E-state index in [4.69, 9.17) is 11.6 Å². The zero-order valence-corrected chi connectivity index (χ0v) is 17.1. The number of allylic oxidation sites excluding steroid dienone is 1. The number of hydrogen-bond donors (Lipinski definition) is 0. The van der Waals surface area contributed by atoms with Crippen LogP contribution in [0.1, 0.15) is 15.9 Å². The Morgan fingerprint density at radius 2 is 1.44 bits per heavy atom. The lowest BCUT2D eigenvalue weighted by Crippen LogP contribution is -2.14. The van der Waals surface area contributed by atoms with Gasteiger partial charge in [-0.25, -0.2) is 8.42 Å². The van der Waals surface area contributed by atoms with Crippen LogP contribution in [-0.4, -0.2) is 14.2 Å². The van der Waals surface area contributed by atoms with Crippen LogP contribution in [0, 0.1) is 0 Å². The molecular formula is C21H14BrClO3S. The third-order valence-electron chi connectivity index (χ3n) is 3.84. The van der Waals surface area contributed by atoms with Crippen molar-refractivity contribution >= 4 is 49.2 Å². The average Bonchev–Trinajstić information content (AvgIpc) is 2.68. The molecule has 27 heavy (non-hydrogen) atoms. The summed E-state index contributed by atoms with van der Waals surface area (Å²) in [4.78, 5) is 12.7. The van der Waals surface area contributed by atoms with E-state index >= 15 is 0 Å². The third kappa shape index (κ3) is 4.56. The Morgan fingerprint density at radius 3 is 2.04 bits per heavy atom. The summed E-state index contributed by atoms with van der Waals surface area (Å²) in [5.74, 6) is -0.562. The SMILES string of the molecule is O=C(/C(=C\c1ccc(Br)cc1)S(=O)(=O)c1ccc(Cl)cc1)c1ccccc1. The molecule has 136 valence electrons. The van der Waals surface area contributed by atoms with Crippen LogP contribution in [0.3, 0.4) is 0 Å². The van der Waals surface area contributed by atoms with Gasteiger partial charge in [-0.1, -0.05) is 70.0 Å². The number of ketones is 1. The zero-order valence-electron chi connectivity index (χ0n) is 14.0. The minimum absolute atomic E-state index is 0.0135. The highest BCUT2D eigenvalue weighted by Crippen LogP contribution is 2.26. The summed E-state index contributed by atoms with van der Waals surface area (Å²) in [5, 5.41) is 0.418. The molecule has 6 heteroatoms. The van der Waals surface area contributed by atoms with Gasteiger partial charge in [0.05, 0.1) is 4.90 Å². The first-order valence-electron chi connectivity index (χ1n) is 7.95. The van der Waals surface area contributed by atoms with E-state index in [0.717, 1.165) is 4.47 Å². The number of carbonyl (C=O) groups is 1. The van der Waals surface area contributed by atoms with Crippen molar-refractivity contribution in [3.05, 3.63) is 104 Å². The number of hydrogen-bond acceptors (Lipinski definition) is 3. The molecule has 0 amide bonds. The fraction of sp³-hybridized carbons (Fsp3) is 0. The molecule has 0 saturated heterocycles. The van der Waals surface area contributed by atoms with Gasteiger partial charge in [-0.15, -0.1) is 0 Å². The Morgan fingerprint density at radius 1 is 0.852 bits per heavy atom. The van der Waals surface area contributed by atoms with Gasteiger partial charge < -0.3 is 0 Å². The van der Waals surface area contributed by atoms with Crippen LogP contribution in [0.15, 0.2) is 93.1 Å². The molecule has 3 aromatic rings. The molecule has 0 unspecified atom stereocenters. The first-order valence-corrected chi connectivity index (χ1v) is 10.6. The molecule has 0 aliphatic rings. The van der Waals surface area contributed by atoms with Crippen molar-refractivity contribution in [2.45, 2.75) is 4.90 Å². The summed E-state index contributed by atoms with van der Waals surface area (Å²) in [6.45, 7) is 0. The van der Waals surface area contributed by atoms with Crippen LogP contribution < -0.4 is 0 Å². The highest BCUT2D eigenvalue weighted by atomic mass is 79.9. The maximum atomic E-state index is 13.2. The average molecular weight is 462 g/mol. The van der Waals surface area contributed by atoms with E-state index in [1.54, 1.807) is 54.6 Å². The van der Waals surface area contributed by atoms with Crippen molar-refractivity contribution in [2.75, 3.05) is 0 Å². The van der Waals surface area contributed by atoms with E-state index in [2.05, 4.69) is 15.9 Å². The lowest BCUT2D eigenvalue weighted by Gasteiger charge is -2.10. The molecule has 3 rings (SSSR count). The summed E-state index contributed by atoms with van der Waals surface area (Å²) >= 11 is 9.21. The Balaban J connectivity index is 2.16. The normalized spacial score (nSPS) is 12.0. The molecule has 0 aliphatic carbocycles. The quantitative estimate of drug-likeness (QED) is 0.356. The molecule has 0 bridgehead atoms. The second-order valence-electron chi connectivity index (χ2n) is 5.71. The number of halogens is 2. The predicted octanol–water partition coefficient (Wildman–Crippen LogP) is 5.80.